The highest BCUT2D eigenvalue weighted by Crippen LogP contribution is 2.36. The van der Waals surface area contributed by atoms with E-state index in [9.17, 15) is 14.9 Å². The number of carbonyl (C=O) groups excluding carboxylic acids is 2. The third kappa shape index (κ3) is 4.66. The predicted octanol–water partition coefficient (Wildman–Crippen LogP) is 4.98. The first-order valence-corrected chi connectivity index (χ1v) is 10.2. The van der Waals surface area contributed by atoms with E-state index in [1.807, 2.05) is 26.0 Å². The number of nitrogens with zero attached hydrogens (tertiary/aromatic N) is 1. The Morgan fingerprint density at radius 3 is 2.50 bits per heavy atom. The number of thioether (sulfide) groups is 1. The summed E-state index contributed by atoms with van der Waals surface area (Å²) in [6, 6.07) is 9.48. The lowest BCUT2D eigenvalue weighted by molar-refractivity contribution is -0.114. The largest absolute Gasteiger partial charge is 0.353 e. The maximum atomic E-state index is 12.4. The quantitative estimate of drug-likeness (QED) is 0.614. The monoisotopic (exact) mass is 432 g/mol. The van der Waals surface area contributed by atoms with E-state index < -0.39 is 0 Å². The molecule has 0 fully saturated rings. The molecule has 4 nitrogen and oxygen atoms in total. The lowest BCUT2D eigenvalue weighted by atomic mass is 9.83. The van der Waals surface area contributed by atoms with Crippen LogP contribution in [0.5, 0.6) is 0 Å². The molecule has 0 bridgehead atoms. The topological polar surface area (TPSA) is 70.0 Å². The van der Waals surface area contributed by atoms with Crippen molar-refractivity contribution in [1.29, 1.82) is 5.26 Å². The van der Waals surface area contributed by atoms with Crippen LogP contribution in [0.2, 0.25) is 0 Å². The van der Waals surface area contributed by atoms with Crippen molar-refractivity contribution in [2.24, 2.45) is 5.92 Å². The van der Waals surface area contributed by atoms with Gasteiger partial charge in [-0.25, -0.2) is 0 Å². The zero-order chi connectivity index (χ0) is 19.3. The minimum atomic E-state index is -0.200. The maximum Gasteiger partial charge on any atom is 0.173 e. The van der Waals surface area contributed by atoms with Gasteiger partial charge in [0.1, 0.15) is 0 Å². The summed E-state index contributed by atoms with van der Waals surface area (Å²) in [4.78, 5) is 24.5. The molecular formula is C20H21BrN2O2S. The molecule has 1 N–H and O–H groups in total. The molecule has 0 amide bonds. The minimum Gasteiger partial charge on any atom is -0.353 e. The Morgan fingerprint density at radius 1 is 1.31 bits per heavy atom. The summed E-state index contributed by atoms with van der Waals surface area (Å²) in [7, 11) is 0. The number of carbonyl (C=O) groups is 2. The van der Waals surface area contributed by atoms with E-state index in [0.29, 0.717) is 21.7 Å². The molecule has 1 aromatic carbocycles. The summed E-state index contributed by atoms with van der Waals surface area (Å²) in [5, 5.41) is 13.5. The second-order valence-electron chi connectivity index (χ2n) is 6.13. The van der Waals surface area contributed by atoms with E-state index in [-0.39, 0.29) is 23.2 Å². The van der Waals surface area contributed by atoms with Crippen LogP contribution >= 0.6 is 27.7 Å². The van der Waals surface area contributed by atoms with E-state index in [1.165, 1.54) is 18.7 Å². The number of hydrogen-bond donors (Lipinski definition) is 1. The molecule has 1 heterocycles. The second-order valence-corrected chi connectivity index (χ2v) is 8.04. The average Bonchev–Trinajstić information content (AvgIpc) is 2.60. The van der Waals surface area contributed by atoms with Gasteiger partial charge in [0.15, 0.2) is 11.6 Å². The molecule has 2 rings (SSSR count). The summed E-state index contributed by atoms with van der Waals surface area (Å²) in [5.41, 5.74) is 2.63. The van der Waals surface area contributed by atoms with Crippen LogP contribution in [-0.2, 0) is 4.79 Å². The van der Waals surface area contributed by atoms with Crippen molar-refractivity contribution in [3.63, 3.8) is 0 Å². The van der Waals surface area contributed by atoms with Crippen molar-refractivity contribution in [2.75, 3.05) is 5.75 Å². The summed E-state index contributed by atoms with van der Waals surface area (Å²) in [5.74, 6) is 0.0155. The third-order valence-corrected chi connectivity index (χ3v) is 5.78. The summed E-state index contributed by atoms with van der Waals surface area (Å²) >= 11 is 4.68. The van der Waals surface area contributed by atoms with Gasteiger partial charge in [-0.05, 0) is 32.4 Å². The highest BCUT2D eigenvalue weighted by atomic mass is 79.9. The molecule has 6 heteroatoms. The molecule has 1 aliphatic heterocycles. The number of Topliss-reactive ketones (excluding diaryl/α,β-unsaturated/α-hetero) is 2. The van der Waals surface area contributed by atoms with Gasteiger partial charge >= 0.3 is 0 Å². The fraction of sp³-hybridized carbons (Fsp3) is 0.350. The van der Waals surface area contributed by atoms with Gasteiger partial charge < -0.3 is 5.32 Å². The van der Waals surface area contributed by atoms with Crippen LogP contribution in [0, 0.1) is 17.2 Å². The molecular weight excluding hydrogens is 412 g/mol. The average molecular weight is 433 g/mol. The van der Waals surface area contributed by atoms with Crippen LogP contribution < -0.4 is 5.32 Å². The van der Waals surface area contributed by atoms with Crippen LogP contribution in [0.25, 0.3) is 0 Å². The van der Waals surface area contributed by atoms with Gasteiger partial charge in [0.25, 0.3) is 0 Å². The molecule has 26 heavy (non-hydrogen) atoms. The Balaban J connectivity index is 2.22. The Hall–Kier alpha value is -1.84. The zero-order valence-corrected chi connectivity index (χ0v) is 17.5. The van der Waals surface area contributed by atoms with Gasteiger partial charge in [0, 0.05) is 27.2 Å². The van der Waals surface area contributed by atoms with Crippen LogP contribution in [-0.4, -0.2) is 17.3 Å². The molecule has 1 aliphatic rings. The van der Waals surface area contributed by atoms with Crippen molar-refractivity contribution < 1.29 is 9.59 Å². The van der Waals surface area contributed by atoms with Crippen molar-refractivity contribution in [1.82, 2.24) is 5.32 Å². The standard InChI is InChI=1S/C20H21BrN2O2S/c1-4-5-16-17(10-22)20(23-12(2)19(16)13(3)24)26-11-18(25)14-6-8-15(21)9-7-14/h6-9,16,23H,4-5,11H2,1-3H3/t16-/m1/s1. The molecule has 0 aromatic heterocycles. The van der Waals surface area contributed by atoms with Crippen molar-refractivity contribution >= 4 is 39.3 Å². The van der Waals surface area contributed by atoms with E-state index in [1.54, 1.807) is 12.1 Å². The fourth-order valence-electron chi connectivity index (χ4n) is 3.06. The SMILES string of the molecule is CCC[C@@H]1C(C#N)=C(SCC(=O)c2ccc(Br)cc2)NC(C)=C1C(C)=O. The Kier molecular flexibility index (Phi) is 7.24. The number of ketones is 2. The number of dihydropyridines is 1. The number of benzene rings is 1. The lowest BCUT2D eigenvalue weighted by Crippen LogP contribution is -2.28. The highest BCUT2D eigenvalue weighted by Gasteiger charge is 2.31. The summed E-state index contributed by atoms with van der Waals surface area (Å²) in [6.45, 7) is 5.42. The van der Waals surface area contributed by atoms with Gasteiger partial charge in [-0.1, -0.05) is 53.2 Å². The first-order valence-electron chi connectivity index (χ1n) is 8.43. The number of nitrogens with one attached hydrogen (secondary N) is 1. The van der Waals surface area contributed by atoms with Gasteiger partial charge in [-0.15, -0.1) is 0 Å². The van der Waals surface area contributed by atoms with E-state index in [4.69, 9.17) is 0 Å². The molecule has 0 spiro atoms. The van der Waals surface area contributed by atoms with E-state index >= 15 is 0 Å². The van der Waals surface area contributed by atoms with E-state index in [2.05, 4.69) is 27.3 Å². The fourth-order valence-corrected chi connectivity index (χ4v) is 4.33. The summed E-state index contributed by atoms with van der Waals surface area (Å²) in [6.07, 6.45) is 1.61. The van der Waals surface area contributed by atoms with Crippen LogP contribution in [0.4, 0.5) is 0 Å². The third-order valence-electron chi connectivity index (χ3n) is 4.24. The van der Waals surface area contributed by atoms with E-state index in [0.717, 1.165) is 23.0 Å². The molecule has 0 saturated carbocycles. The van der Waals surface area contributed by atoms with Gasteiger partial charge in [0.2, 0.25) is 0 Å². The Bertz CT molecular complexity index is 819. The number of rotatable bonds is 7. The molecule has 0 saturated heterocycles. The molecule has 0 radical (unpaired) electrons. The molecule has 1 aromatic rings. The lowest BCUT2D eigenvalue weighted by Gasteiger charge is -2.28. The van der Waals surface area contributed by atoms with Gasteiger partial charge in [-0.3, -0.25) is 9.59 Å². The van der Waals surface area contributed by atoms with Gasteiger partial charge in [0.05, 0.1) is 22.4 Å². The van der Waals surface area contributed by atoms with Crippen molar-refractivity contribution in [3.05, 3.63) is 56.2 Å². The number of hydrogen-bond acceptors (Lipinski definition) is 5. The minimum absolute atomic E-state index is 0.000119. The number of halogens is 1. The first-order chi connectivity index (χ1) is 12.4. The van der Waals surface area contributed by atoms with Gasteiger partial charge in [-0.2, -0.15) is 5.26 Å². The number of nitriles is 1. The first kappa shape index (κ1) is 20.5. The zero-order valence-electron chi connectivity index (χ0n) is 15.1. The Labute approximate surface area is 166 Å². The predicted molar refractivity (Wildman–Crippen MR) is 108 cm³/mol. The van der Waals surface area contributed by atoms with Crippen molar-refractivity contribution in [3.8, 4) is 6.07 Å². The normalized spacial score (nSPS) is 17.0. The van der Waals surface area contributed by atoms with Crippen molar-refractivity contribution in [2.45, 2.75) is 33.6 Å². The highest BCUT2D eigenvalue weighted by molar-refractivity contribution is 9.10. The molecule has 0 aliphatic carbocycles. The second kappa shape index (κ2) is 9.20. The van der Waals surface area contributed by atoms with Crippen LogP contribution in [0.1, 0.15) is 44.0 Å². The van der Waals surface area contributed by atoms with Crippen LogP contribution in [0.3, 0.4) is 0 Å². The molecule has 1 atom stereocenters. The molecule has 0 unspecified atom stereocenters. The Morgan fingerprint density at radius 2 is 1.96 bits per heavy atom. The number of allylic oxidation sites excluding steroid dienone is 3. The molecule has 136 valence electrons. The maximum absolute atomic E-state index is 12.4. The van der Waals surface area contributed by atoms with Crippen LogP contribution in [0.15, 0.2) is 50.6 Å². The smallest absolute Gasteiger partial charge is 0.173 e. The summed E-state index contributed by atoms with van der Waals surface area (Å²) < 4.78 is 0.921.